The van der Waals surface area contributed by atoms with Crippen LogP contribution in [0.25, 0.3) is 0 Å². The molecule has 1 rings (SSSR count). The van der Waals surface area contributed by atoms with Crippen molar-refractivity contribution in [1.82, 2.24) is 5.32 Å². The van der Waals surface area contributed by atoms with Crippen LogP contribution in [0.4, 0.5) is 0 Å². The van der Waals surface area contributed by atoms with E-state index < -0.39 is 0 Å². The Morgan fingerprint density at radius 1 is 1.11 bits per heavy atom. The van der Waals surface area contributed by atoms with Crippen molar-refractivity contribution in [2.45, 2.75) is 59.0 Å². The lowest BCUT2D eigenvalue weighted by molar-refractivity contribution is 0.358. The molecular weight excluding hydrogens is 286 g/mol. The summed E-state index contributed by atoms with van der Waals surface area (Å²) in [6, 6.07) is 9.49. The summed E-state index contributed by atoms with van der Waals surface area (Å²) in [4.78, 5) is 0. The smallest absolute Gasteiger partial charge is 0.0305 e. The van der Waals surface area contributed by atoms with E-state index in [0.717, 1.165) is 5.92 Å². The Hall–Kier alpha value is -0.340. The summed E-state index contributed by atoms with van der Waals surface area (Å²) in [6.07, 6.45) is 3.72. The van der Waals surface area contributed by atoms with Crippen LogP contribution in [0, 0.1) is 5.92 Å². The van der Waals surface area contributed by atoms with Crippen LogP contribution in [0.1, 0.15) is 58.6 Å². The number of rotatable bonds is 7. The number of halogens is 1. The predicted octanol–water partition coefficient (Wildman–Crippen LogP) is 5.31. The summed E-state index contributed by atoms with van der Waals surface area (Å²) >= 11 is 3.63. The first-order chi connectivity index (χ1) is 8.58. The SMILES string of the molecule is CCC(C)CC(CC)NC(C)c1ccccc1Br. The summed E-state index contributed by atoms with van der Waals surface area (Å²) in [5, 5.41) is 3.76. The van der Waals surface area contributed by atoms with Crippen molar-refractivity contribution in [2.75, 3.05) is 0 Å². The van der Waals surface area contributed by atoms with Gasteiger partial charge in [-0.25, -0.2) is 0 Å². The Morgan fingerprint density at radius 3 is 2.33 bits per heavy atom. The number of hydrogen-bond acceptors (Lipinski definition) is 1. The van der Waals surface area contributed by atoms with Crippen molar-refractivity contribution in [3.63, 3.8) is 0 Å². The molecule has 0 radical (unpaired) electrons. The molecule has 0 saturated carbocycles. The predicted molar refractivity (Wildman–Crippen MR) is 83.8 cm³/mol. The van der Waals surface area contributed by atoms with Crippen LogP contribution in [-0.2, 0) is 0 Å². The summed E-state index contributed by atoms with van der Waals surface area (Å²) in [5.41, 5.74) is 1.35. The van der Waals surface area contributed by atoms with E-state index in [1.54, 1.807) is 0 Å². The molecule has 18 heavy (non-hydrogen) atoms. The first-order valence-electron chi connectivity index (χ1n) is 7.08. The van der Waals surface area contributed by atoms with E-state index in [-0.39, 0.29) is 0 Å². The van der Waals surface area contributed by atoms with Crippen LogP contribution in [0.2, 0.25) is 0 Å². The van der Waals surface area contributed by atoms with E-state index in [2.05, 4.69) is 73.2 Å². The summed E-state index contributed by atoms with van der Waals surface area (Å²) < 4.78 is 1.20. The second-order valence-corrected chi connectivity index (χ2v) is 6.12. The van der Waals surface area contributed by atoms with Gasteiger partial charge in [0.2, 0.25) is 0 Å². The van der Waals surface area contributed by atoms with Crippen LogP contribution < -0.4 is 5.32 Å². The van der Waals surface area contributed by atoms with E-state index in [1.807, 2.05) is 0 Å². The van der Waals surface area contributed by atoms with Crippen LogP contribution in [0.5, 0.6) is 0 Å². The molecule has 102 valence electrons. The molecule has 0 aromatic heterocycles. The van der Waals surface area contributed by atoms with Gasteiger partial charge in [-0.2, -0.15) is 0 Å². The van der Waals surface area contributed by atoms with Gasteiger partial charge in [0.05, 0.1) is 0 Å². The average Bonchev–Trinajstić information content (AvgIpc) is 2.38. The Kier molecular flexibility index (Phi) is 6.95. The second-order valence-electron chi connectivity index (χ2n) is 5.26. The molecule has 0 spiro atoms. The van der Waals surface area contributed by atoms with Crippen LogP contribution >= 0.6 is 15.9 Å². The van der Waals surface area contributed by atoms with Gasteiger partial charge in [-0.05, 0) is 37.3 Å². The third-order valence-corrected chi connectivity index (χ3v) is 4.46. The van der Waals surface area contributed by atoms with Gasteiger partial charge >= 0.3 is 0 Å². The van der Waals surface area contributed by atoms with Crippen molar-refractivity contribution in [1.29, 1.82) is 0 Å². The molecule has 3 unspecified atom stereocenters. The Bertz CT molecular complexity index is 351. The Labute approximate surface area is 120 Å². The molecular formula is C16H26BrN. The Balaban J connectivity index is 2.62. The van der Waals surface area contributed by atoms with Crippen molar-refractivity contribution in [2.24, 2.45) is 5.92 Å². The molecule has 2 heteroatoms. The van der Waals surface area contributed by atoms with Crippen molar-refractivity contribution in [3.05, 3.63) is 34.3 Å². The lowest BCUT2D eigenvalue weighted by Gasteiger charge is -2.25. The minimum atomic E-state index is 0.398. The van der Waals surface area contributed by atoms with Gasteiger partial charge in [-0.3, -0.25) is 0 Å². The topological polar surface area (TPSA) is 12.0 Å². The fraction of sp³-hybridized carbons (Fsp3) is 0.625. The highest BCUT2D eigenvalue weighted by Gasteiger charge is 2.15. The van der Waals surface area contributed by atoms with Gasteiger partial charge in [0.1, 0.15) is 0 Å². The maximum Gasteiger partial charge on any atom is 0.0305 e. The van der Waals surface area contributed by atoms with Crippen LogP contribution in [-0.4, -0.2) is 6.04 Å². The van der Waals surface area contributed by atoms with Crippen molar-refractivity contribution >= 4 is 15.9 Å². The fourth-order valence-electron chi connectivity index (χ4n) is 2.27. The quantitative estimate of drug-likeness (QED) is 0.719. The zero-order valence-corrected chi connectivity index (χ0v) is 13.6. The first kappa shape index (κ1) is 15.7. The van der Waals surface area contributed by atoms with Gasteiger partial charge in [0, 0.05) is 16.6 Å². The van der Waals surface area contributed by atoms with Crippen molar-refractivity contribution < 1.29 is 0 Å². The van der Waals surface area contributed by atoms with Gasteiger partial charge in [0.15, 0.2) is 0 Å². The molecule has 0 amide bonds. The molecule has 3 atom stereocenters. The molecule has 1 aromatic carbocycles. The maximum absolute atomic E-state index is 3.76. The second kappa shape index (κ2) is 7.96. The summed E-state index contributed by atoms with van der Waals surface area (Å²) in [5.74, 6) is 0.800. The third kappa shape index (κ3) is 4.74. The third-order valence-electron chi connectivity index (χ3n) is 3.73. The van der Waals surface area contributed by atoms with Crippen molar-refractivity contribution in [3.8, 4) is 0 Å². The van der Waals surface area contributed by atoms with Gasteiger partial charge in [0.25, 0.3) is 0 Å². The highest BCUT2D eigenvalue weighted by Crippen LogP contribution is 2.24. The van der Waals surface area contributed by atoms with Crippen LogP contribution in [0.3, 0.4) is 0 Å². The molecule has 1 N–H and O–H groups in total. The van der Waals surface area contributed by atoms with E-state index >= 15 is 0 Å². The largest absolute Gasteiger partial charge is 0.307 e. The minimum Gasteiger partial charge on any atom is -0.307 e. The molecule has 0 saturated heterocycles. The number of hydrogen-bond donors (Lipinski definition) is 1. The monoisotopic (exact) mass is 311 g/mol. The number of benzene rings is 1. The normalized spacial score (nSPS) is 16.3. The molecule has 0 aliphatic heterocycles. The highest BCUT2D eigenvalue weighted by molar-refractivity contribution is 9.10. The van der Waals surface area contributed by atoms with Gasteiger partial charge in [-0.15, -0.1) is 0 Å². The van der Waals surface area contributed by atoms with Crippen LogP contribution in [0.15, 0.2) is 28.7 Å². The molecule has 0 aliphatic rings. The van der Waals surface area contributed by atoms with E-state index in [0.29, 0.717) is 12.1 Å². The Morgan fingerprint density at radius 2 is 1.78 bits per heavy atom. The molecule has 0 aliphatic carbocycles. The summed E-state index contributed by atoms with van der Waals surface area (Å²) in [7, 11) is 0. The molecule has 1 nitrogen and oxygen atoms in total. The average molecular weight is 312 g/mol. The lowest BCUT2D eigenvalue weighted by Crippen LogP contribution is -2.32. The van der Waals surface area contributed by atoms with E-state index in [9.17, 15) is 0 Å². The fourth-order valence-corrected chi connectivity index (χ4v) is 2.90. The zero-order valence-electron chi connectivity index (χ0n) is 12.0. The number of nitrogens with one attached hydrogen (secondary N) is 1. The molecule has 0 fully saturated rings. The van der Waals surface area contributed by atoms with E-state index in [1.165, 1.54) is 29.3 Å². The zero-order chi connectivity index (χ0) is 13.5. The molecule has 1 aromatic rings. The highest BCUT2D eigenvalue weighted by atomic mass is 79.9. The summed E-state index contributed by atoms with van der Waals surface area (Å²) in [6.45, 7) is 9.13. The van der Waals surface area contributed by atoms with E-state index in [4.69, 9.17) is 0 Å². The lowest BCUT2D eigenvalue weighted by atomic mass is 9.96. The van der Waals surface area contributed by atoms with Gasteiger partial charge in [-0.1, -0.05) is 61.3 Å². The van der Waals surface area contributed by atoms with Gasteiger partial charge < -0.3 is 5.32 Å². The first-order valence-corrected chi connectivity index (χ1v) is 7.88. The minimum absolute atomic E-state index is 0.398. The molecule has 0 bridgehead atoms. The standard InChI is InChI=1S/C16H26BrN/c1-5-12(3)11-14(6-2)18-13(4)15-9-7-8-10-16(15)17/h7-10,12-14,18H,5-6,11H2,1-4H3. The maximum atomic E-state index is 3.76. The molecule has 0 heterocycles.